The highest BCUT2D eigenvalue weighted by Crippen LogP contribution is 2.25. The third-order valence-electron chi connectivity index (χ3n) is 5.63. The van der Waals surface area contributed by atoms with Crippen molar-refractivity contribution in [2.45, 2.75) is 32.5 Å². The van der Waals surface area contributed by atoms with E-state index in [0.717, 1.165) is 36.6 Å². The number of ether oxygens (including phenoxy) is 3. The van der Waals surface area contributed by atoms with Crippen LogP contribution in [0.25, 0.3) is 11.4 Å². The van der Waals surface area contributed by atoms with Gasteiger partial charge in [0.05, 0.1) is 12.3 Å². The van der Waals surface area contributed by atoms with Gasteiger partial charge in [0, 0.05) is 30.2 Å². The molecule has 10 nitrogen and oxygen atoms in total. The highest BCUT2D eigenvalue weighted by Gasteiger charge is 2.17. The van der Waals surface area contributed by atoms with Gasteiger partial charge in [-0.1, -0.05) is 11.1 Å². The van der Waals surface area contributed by atoms with E-state index < -0.39 is 6.09 Å². The molecular formula is C28H28N4O6S. The van der Waals surface area contributed by atoms with Crippen LogP contribution in [0.15, 0.2) is 57.0 Å². The molecule has 2 aromatic carbocycles. The van der Waals surface area contributed by atoms with Crippen molar-refractivity contribution in [2.75, 3.05) is 26.1 Å². The minimum absolute atomic E-state index is 0.207. The second-order valence-electron chi connectivity index (χ2n) is 8.45. The number of carboxylic acid groups (broad SMARTS) is 1. The zero-order valence-corrected chi connectivity index (χ0v) is 22.4. The Morgan fingerprint density at radius 2 is 2.05 bits per heavy atom. The van der Waals surface area contributed by atoms with Crippen molar-refractivity contribution in [3.63, 3.8) is 0 Å². The van der Waals surface area contributed by atoms with E-state index in [4.69, 9.17) is 30.1 Å². The first-order valence-electron chi connectivity index (χ1n) is 12.3. The zero-order chi connectivity index (χ0) is 27.6. The normalized spacial score (nSPS) is 16.1. The number of hydrogen-bond acceptors (Lipinski definition) is 9. The van der Waals surface area contributed by atoms with Crippen LogP contribution in [0.3, 0.4) is 0 Å². The fraction of sp³-hybridized carbons (Fsp3) is 0.321. The van der Waals surface area contributed by atoms with Gasteiger partial charge in [0.25, 0.3) is 0 Å². The van der Waals surface area contributed by atoms with E-state index >= 15 is 0 Å². The predicted molar refractivity (Wildman–Crippen MR) is 149 cm³/mol. The number of hydrogen-bond donors (Lipinski definition) is 1. The van der Waals surface area contributed by atoms with Gasteiger partial charge >= 0.3 is 6.09 Å². The Balaban J connectivity index is 1.61. The van der Waals surface area contributed by atoms with Gasteiger partial charge in [-0.3, -0.25) is 0 Å². The summed E-state index contributed by atoms with van der Waals surface area (Å²) < 4.78 is 22.3. The number of aryl methyl sites for hydroxylation is 1. The Bertz CT molecular complexity index is 1390. The lowest BCUT2D eigenvalue weighted by atomic mass is 10.1. The molecule has 3 aromatic rings. The van der Waals surface area contributed by atoms with Crippen LogP contribution < -0.4 is 4.74 Å². The van der Waals surface area contributed by atoms with Crippen molar-refractivity contribution in [1.29, 1.82) is 0 Å². The second kappa shape index (κ2) is 13.7. The molecule has 1 aromatic heterocycles. The Kier molecular flexibility index (Phi) is 9.85. The van der Waals surface area contributed by atoms with Crippen LogP contribution >= 0.6 is 11.8 Å². The van der Waals surface area contributed by atoms with E-state index in [0.29, 0.717) is 53.2 Å². The third-order valence-corrected chi connectivity index (χ3v) is 6.30. The number of aliphatic imine (C=N–C) groups is 2. The molecule has 1 fully saturated rings. The van der Waals surface area contributed by atoms with Crippen molar-refractivity contribution in [2.24, 2.45) is 9.98 Å². The summed E-state index contributed by atoms with van der Waals surface area (Å²) in [7, 11) is 0. The minimum atomic E-state index is -1.33. The summed E-state index contributed by atoms with van der Waals surface area (Å²) in [5, 5.41) is 13.5. The molecule has 4 rings (SSSR count). The summed E-state index contributed by atoms with van der Waals surface area (Å²) in [6, 6.07) is 12.4. The number of benzene rings is 2. The van der Waals surface area contributed by atoms with Crippen LogP contribution in [-0.4, -0.2) is 64.5 Å². The number of rotatable bonds is 9. The molecule has 0 radical (unpaired) electrons. The molecule has 202 valence electrons. The number of amides is 1. The van der Waals surface area contributed by atoms with E-state index in [1.807, 2.05) is 0 Å². The van der Waals surface area contributed by atoms with Crippen molar-refractivity contribution in [3.8, 4) is 29.5 Å². The molecule has 11 heteroatoms. The fourth-order valence-electron chi connectivity index (χ4n) is 3.83. The van der Waals surface area contributed by atoms with E-state index in [1.54, 1.807) is 55.6 Å². The molecule has 1 atom stereocenters. The quantitative estimate of drug-likeness (QED) is 0.159. The predicted octanol–water partition coefficient (Wildman–Crippen LogP) is 5.51. The molecule has 0 aliphatic carbocycles. The maximum absolute atomic E-state index is 11.5. The molecular weight excluding hydrogens is 520 g/mol. The smallest absolute Gasteiger partial charge is 0.432 e. The minimum Gasteiger partial charge on any atom is -0.491 e. The van der Waals surface area contributed by atoms with Gasteiger partial charge in [0.1, 0.15) is 23.1 Å². The molecule has 1 aliphatic rings. The number of nitrogens with zero attached hydrogens (tertiary/aromatic N) is 4. The van der Waals surface area contributed by atoms with E-state index in [-0.39, 0.29) is 17.9 Å². The van der Waals surface area contributed by atoms with Crippen LogP contribution in [-0.2, 0) is 9.47 Å². The highest BCUT2D eigenvalue weighted by atomic mass is 32.2. The lowest BCUT2D eigenvalue weighted by molar-refractivity contribution is -0.165. The van der Waals surface area contributed by atoms with Crippen LogP contribution in [0.4, 0.5) is 10.5 Å². The fourth-order valence-corrected chi connectivity index (χ4v) is 4.36. The molecule has 1 unspecified atom stereocenters. The van der Waals surface area contributed by atoms with Crippen LogP contribution in [0.2, 0.25) is 0 Å². The van der Waals surface area contributed by atoms with Gasteiger partial charge in [0.2, 0.25) is 11.7 Å². The largest absolute Gasteiger partial charge is 0.491 e. The van der Waals surface area contributed by atoms with Gasteiger partial charge in [-0.05, 0) is 68.0 Å². The Labute approximate surface area is 230 Å². The average molecular weight is 549 g/mol. The number of thioether (sulfide) groups is 1. The molecule has 1 aliphatic heterocycles. The van der Waals surface area contributed by atoms with Gasteiger partial charge in [-0.2, -0.15) is 9.98 Å². The maximum Gasteiger partial charge on any atom is 0.432 e. The summed E-state index contributed by atoms with van der Waals surface area (Å²) in [5.41, 5.74) is 2.76. The summed E-state index contributed by atoms with van der Waals surface area (Å²) in [4.78, 5) is 24.2. The Hall–Kier alpha value is -3.98. The second-order valence-corrected chi connectivity index (χ2v) is 9.25. The molecule has 2 heterocycles. The van der Waals surface area contributed by atoms with Crippen molar-refractivity contribution >= 4 is 34.3 Å². The maximum atomic E-state index is 11.5. The van der Waals surface area contributed by atoms with Crippen molar-refractivity contribution in [3.05, 3.63) is 59.5 Å². The van der Waals surface area contributed by atoms with Gasteiger partial charge in [0.15, 0.2) is 6.29 Å². The first-order valence-corrected chi connectivity index (χ1v) is 13.5. The Morgan fingerprint density at radius 3 is 2.69 bits per heavy atom. The number of aromatic nitrogens is 2. The summed E-state index contributed by atoms with van der Waals surface area (Å²) in [5.74, 6) is 4.05. The van der Waals surface area contributed by atoms with E-state index in [9.17, 15) is 9.90 Å². The monoisotopic (exact) mass is 548 g/mol. The summed E-state index contributed by atoms with van der Waals surface area (Å²) >= 11 is 1.16. The first-order chi connectivity index (χ1) is 18.9. The lowest BCUT2D eigenvalue weighted by Gasteiger charge is -2.22. The summed E-state index contributed by atoms with van der Waals surface area (Å²) in [6.07, 6.45) is 8.91. The molecule has 39 heavy (non-hydrogen) atoms. The highest BCUT2D eigenvalue weighted by molar-refractivity contribution is 8.15. The Morgan fingerprint density at radius 1 is 1.23 bits per heavy atom. The zero-order valence-electron chi connectivity index (χ0n) is 21.6. The van der Waals surface area contributed by atoms with E-state index in [1.165, 1.54) is 0 Å². The van der Waals surface area contributed by atoms with Crippen LogP contribution in [0.5, 0.6) is 5.75 Å². The molecule has 0 spiro atoms. The van der Waals surface area contributed by atoms with E-state index in [2.05, 4.69) is 21.1 Å². The molecule has 0 bridgehead atoms. The molecule has 1 amide bonds. The van der Waals surface area contributed by atoms with Gasteiger partial charge in [-0.25, -0.2) is 9.79 Å². The first kappa shape index (κ1) is 28.0. The number of carbonyl (C=O) groups is 1. The molecule has 0 saturated carbocycles. The van der Waals surface area contributed by atoms with Gasteiger partial charge < -0.3 is 23.8 Å². The third kappa shape index (κ3) is 8.00. The van der Waals surface area contributed by atoms with Crippen LogP contribution in [0.1, 0.15) is 36.3 Å². The standard InChI is InChI=1S/C28H28N4O6S/c1-4-19-15-21(17-23(16-19)35-13-14-37-24-7-5-6-12-36-24)25(27(39-3)31-28(33)34)30-22-10-8-20(9-11-22)26-29-18(2)38-32-26/h1,8-11,15-17,24H,5-7,12-14H2,2-3H3,(H,33,34). The topological polar surface area (TPSA) is 129 Å². The SMILES string of the molecule is C#Cc1cc(OCCOC2CCCCO2)cc(C(=Nc2ccc(-c3noc(C)n3)cc2)C(=NC(=O)O)SC)c1. The number of terminal acetylenes is 1. The lowest BCUT2D eigenvalue weighted by Crippen LogP contribution is -2.24. The van der Waals surface area contributed by atoms with Crippen molar-refractivity contribution < 1.29 is 28.6 Å². The van der Waals surface area contributed by atoms with Gasteiger partial charge in [-0.15, -0.1) is 18.2 Å². The average Bonchev–Trinajstić information content (AvgIpc) is 3.39. The molecule has 1 N–H and O–H groups in total. The van der Waals surface area contributed by atoms with Crippen molar-refractivity contribution in [1.82, 2.24) is 10.1 Å². The summed E-state index contributed by atoms with van der Waals surface area (Å²) in [6.45, 7) is 3.06. The molecule has 1 saturated heterocycles. The van der Waals surface area contributed by atoms with Crippen LogP contribution in [0, 0.1) is 19.3 Å².